The number of rotatable bonds is 2. The zero-order valence-electron chi connectivity index (χ0n) is 8.64. The Balaban J connectivity index is 3.65. The molecule has 0 aromatic rings. The molecule has 0 bridgehead atoms. The summed E-state index contributed by atoms with van der Waals surface area (Å²) < 4.78 is 9.22. The summed E-state index contributed by atoms with van der Waals surface area (Å²) in [5, 5.41) is 0. The zero-order valence-corrected chi connectivity index (χ0v) is 9.64. The molecule has 0 saturated carbocycles. The zero-order chi connectivity index (χ0) is 10.3. The van der Waals surface area contributed by atoms with E-state index in [4.69, 9.17) is 0 Å². The summed E-state index contributed by atoms with van der Waals surface area (Å²) in [5.41, 5.74) is 3.08. The van der Waals surface area contributed by atoms with Crippen LogP contribution in [0.25, 0.3) is 0 Å². The van der Waals surface area contributed by atoms with Gasteiger partial charge in [0, 0.05) is 0 Å². The first-order chi connectivity index (χ1) is 5.95. The second-order valence-electron chi connectivity index (χ2n) is 3.52. The van der Waals surface area contributed by atoms with Gasteiger partial charge < -0.3 is 9.47 Å². The molecular weight excluding hydrogens is 184 g/mol. The van der Waals surface area contributed by atoms with E-state index in [0.717, 1.165) is 0 Å². The van der Waals surface area contributed by atoms with E-state index < -0.39 is 14.2 Å². The number of hydrogen-bond acceptors (Lipinski definition) is 3. The molecule has 0 aromatic carbocycles. The van der Waals surface area contributed by atoms with Gasteiger partial charge >= 0.3 is 6.16 Å². The molecule has 0 aliphatic heterocycles. The van der Waals surface area contributed by atoms with Gasteiger partial charge in [-0.1, -0.05) is 25.6 Å². The van der Waals surface area contributed by atoms with E-state index in [-0.39, 0.29) is 6.61 Å². The maximum Gasteiger partial charge on any atom is 0.509 e. The van der Waals surface area contributed by atoms with Crippen LogP contribution in [0.1, 0.15) is 6.92 Å². The van der Waals surface area contributed by atoms with E-state index in [1.807, 2.05) is 0 Å². The molecule has 0 unspecified atom stereocenters. The van der Waals surface area contributed by atoms with Crippen LogP contribution in [-0.2, 0) is 9.47 Å². The van der Waals surface area contributed by atoms with Gasteiger partial charge in [0.2, 0.25) is 0 Å². The van der Waals surface area contributed by atoms with Crippen LogP contribution in [0.5, 0.6) is 0 Å². The number of carbonyl (C=O) groups excluding carboxylic acids is 1. The van der Waals surface area contributed by atoms with Gasteiger partial charge in [-0.25, -0.2) is 4.79 Å². The third kappa shape index (κ3) is 8.96. The number of ether oxygens (including phenoxy) is 2. The maximum absolute atomic E-state index is 10.7. The van der Waals surface area contributed by atoms with Crippen molar-refractivity contribution < 1.29 is 14.3 Å². The van der Waals surface area contributed by atoms with Crippen molar-refractivity contribution >= 4 is 14.2 Å². The van der Waals surface area contributed by atoms with Crippen molar-refractivity contribution in [3.63, 3.8) is 0 Å². The van der Waals surface area contributed by atoms with Crippen molar-refractivity contribution in [3.05, 3.63) is 0 Å². The summed E-state index contributed by atoms with van der Waals surface area (Å²) in [6, 6.07) is 0. The molecule has 0 heterocycles. The first-order valence-corrected chi connectivity index (χ1v) is 7.75. The van der Waals surface area contributed by atoms with E-state index in [2.05, 4.69) is 40.6 Å². The first kappa shape index (κ1) is 12.0. The molecule has 0 amide bonds. The average Bonchev–Trinajstić information content (AvgIpc) is 1.97. The van der Waals surface area contributed by atoms with E-state index >= 15 is 0 Å². The molecule has 0 atom stereocenters. The summed E-state index contributed by atoms with van der Waals surface area (Å²) in [6.45, 7) is 8.58. The third-order valence-electron chi connectivity index (χ3n) is 0.988. The third-order valence-corrected chi connectivity index (χ3v) is 1.91. The fourth-order valence-electron chi connectivity index (χ4n) is 0.556. The average molecular weight is 200 g/mol. The topological polar surface area (TPSA) is 35.5 Å². The Morgan fingerprint density at radius 3 is 2.38 bits per heavy atom. The molecule has 3 nitrogen and oxygen atoms in total. The second kappa shape index (κ2) is 5.65. The van der Waals surface area contributed by atoms with Gasteiger partial charge in [0.1, 0.15) is 8.07 Å². The van der Waals surface area contributed by atoms with Crippen molar-refractivity contribution in [2.75, 3.05) is 13.2 Å². The Kier molecular flexibility index (Phi) is 5.24. The summed E-state index contributed by atoms with van der Waals surface area (Å²) in [4.78, 5) is 10.7. The Hall–Kier alpha value is -0.953. The van der Waals surface area contributed by atoms with Gasteiger partial charge in [0.15, 0.2) is 6.61 Å². The van der Waals surface area contributed by atoms with E-state index in [1.165, 1.54) is 0 Å². The van der Waals surface area contributed by atoms with Crippen LogP contribution in [0.3, 0.4) is 0 Å². The van der Waals surface area contributed by atoms with E-state index in [9.17, 15) is 4.79 Å². The van der Waals surface area contributed by atoms with Gasteiger partial charge in [0.05, 0.1) is 6.61 Å². The highest BCUT2D eigenvalue weighted by molar-refractivity contribution is 6.83. The smallest absolute Gasteiger partial charge is 0.435 e. The van der Waals surface area contributed by atoms with Crippen LogP contribution >= 0.6 is 0 Å². The predicted octanol–water partition coefficient (Wildman–Crippen LogP) is 2.04. The molecule has 0 radical (unpaired) electrons. The van der Waals surface area contributed by atoms with Crippen LogP contribution in [0.2, 0.25) is 19.6 Å². The van der Waals surface area contributed by atoms with Crippen LogP contribution < -0.4 is 0 Å². The van der Waals surface area contributed by atoms with Crippen molar-refractivity contribution in [2.45, 2.75) is 26.6 Å². The van der Waals surface area contributed by atoms with Gasteiger partial charge in [-0.05, 0) is 6.92 Å². The Morgan fingerprint density at radius 2 is 1.92 bits per heavy atom. The molecule has 0 N–H and O–H groups in total. The number of carbonyl (C=O) groups is 1. The molecular formula is C9H16O3Si. The van der Waals surface area contributed by atoms with Crippen LogP contribution in [0, 0.1) is 11.5 Å². The summed E-state index contributed by atoms with van der Waals surface area (Å²) in [6.07, 6.45) is -0.646. The molecule has 0 rings (SSSR count). The highest BCUT2D eigenvalue weighted by Crippen LogP contribution is 1.95. The lowest BCUT2D eigenvalue weighted by Gasteiger charge is -2.03. The summed E-state index contributed by atoms with van der Waals surface area (Å²) in [5.74, 6) is 2.80. The quantitative estimate of drug-likeness (QED) is 0.389. The molecule has 0 spiro atoms. The van der Waals surface area contributed by atoms with Crippen molar-refractivity contribution in [1.82, 2.24) is 0 Å². The molecule has 0 fully saturated rings. The normalized spacial score (nSPS) is 9.85. The van der Waals surface area contributed by atoms with Crippen molar-refractivity contribution in [3.8, 4) is 11.5 Å². The largest absolute Gasteiger partial charge is 0.509 e. The lowest BCUT2D eigenvalue weighted by atomic mass is 10.7. The molecule has 74 valence electrons. The Labute approximate surface area is 80.4 Å². The van der Waals surface area contributed by atoms with Crippen LogP contribution in [0.15, 0.2) is 0 Å². The van der Waals surface area contributed by atoms with Crippen LogP contribution in [-0.4, -0.2) is 27.4 Å². The maximum atomic E-state index is 10.7. The van der Waals surface area contributed by atoms with Gasteiger partial charge in [-0.15, -0.1) is 5.54 Å². The van der Waals surface area contributed by atoms with Crippen molar-refractivity contribution in [1.29, 1.82) is 0 Å². The van der Waals surface area contributed by atoms with Gasteiger partial charge in [-0.3, -0.25) is 0 Å². The standard InChI is InChI=1S/C9H16O3Si/c1-5-11-9(10)12-7-6-8-13(2,3)4/h5,7H2,1-4H3. The van der Waals surface area contributed by atoms with Gasteiger partial charge in [-0.2, -0.15) is 0 Å². The predicted molar refractivity (Wildman–Crippen MR) is 54.1 cm³/mol. The second-order valence-corrected chi connectivity index (χ2v) is 8.27. The fourth-order valence-corrected chi connectivity index (χ4v) is 1.16. The lowest BCUT2D eigenvalue weighted by molar-refractivity contribution is 0.0687. The lowest BCUT2D eigenvalue weighted by Crippen LogP contribution is -2.17. The fraction of sp³-hybridized carbons (Fsp3) is 0.667. The van der Waals surface area contributed by atoms with E-state index in [1.54, 1.807) is 6.92 Å². The highest BCUT2D eigenvalue weighted by atomic mass is 28.3. The van der Waals surface area contributed by atoms with Crippen molar-refractivity contribution in [2.24, 2.45) is 0 Å². The molecule has 0 aliphatic carbocycles. The minimum Gasteiger partial charge on any atom is -0.435 e. The summed E-state index contributed by atoms with van der Waals surface area (Å²) >= 11 is 0. The monoisotopic (exact) mass is 200 g/mol. The Bertz CT molecular complexity index is 219. The summed E-state index contributed by atoms with van der Waals surface area (Å²) in [7, 11) is -1.34. The first-order valence-electron chi connectivity index (χ1n) is 4.25. The molecule has 4 heteroatoms. The molecule has 0 aliphatic rings. The number of hydrogen-bond donors (Lipinski definition) is 0. The SMILES string of the molecule is CCOC(=O)OCC#C[Si](C)(C)C. The van der Waals surface area contributed by atoms with Gasteiger partial charge in [0.25, 0.3) is 0 Å². The minimum absolute atomic E-state index is 0.128. The van der Waals surface area contributed by atoms with Crippen LogP contribution in [0.4, 0.5) is 4.79 Å². The molecule has 13 heavy (non-hydrogen) atoms. The molecule has 0 saturated heterocycles. The Morgan fingerprint density at radius 1 is 1.31 bits per heavy atom. The van der Waals surface area contributed by atoms with E-state index in [0.29, 0.717) is 6.61 Å². The molecule has 0 aromatic heterocycles. The minimum atomic E-state index is -1.34. The highest BCUT2D eigenvalue weighted by Gasteiger charge is 2.07.